The quantitative estimate of drug-likeness (QED) is 0.592. The molecule has 0 saturated carbocycles. The van der Waals surface area contributed by atoms with Crippen molar-refractivity contribution in [2.45, 2.75) is 13.3 Å². The van der Waals surface area contributed by atoms with Crippen molar-refractivity contribution in [3.05, 3.63) is 41.6 Å². The third-order valence-electron chi connectivity index (χ3n) is 2.39. The Balaban J connectivity index is 2.16. The van der Waals surface area contributed by atoms with Gasteiger partial charge in [0.15, 0.2) is 0 Å². The first-order valence-corrected chi connectivity index (χ1v) is 4.96. The molecule has 3 heteroatoms. The number of anilines is 1. The number of allylic oxidation sites excluding steroid dienone is 1. The maximum absolute atomic E-state index is 11.3. The maximum Gasteiger partial charge on any atom is 0.335 e. The van der Waals surface area contributed by atoms with E-state index in [0.29, 0.717) is 13.0 Å². The number of cyclic esters (lactones) is 1. The van der Waals surface area contributed by atoms with Crippen LogP contribution in [-0.2, 0) is 9.53 Å². The van der Waals surface area contributed by atoms with E-state index in [4.69, 9.17) is 4.74 Å². The van der Waals surface area contributed by atoms with Gasteiger partial charge in [0.2, 0.25) is 0 Å². The van der Waals surface area contributed by atoms with Gasteiger partial charge >= 0.3 is 5.97 Å². The predicted octanol–water partition coefficient (Wildman–Crippen LogP) is 2.32. The van der Waals surface area contributed by atoms with E-state index in [1.165, 1.54) is 0 Å². The van der Waals surface area contributed by atoms with Gasteiger partial charge in [-0.3, -0.25) is 0 Å². The minimum Gasteiger partial charge on any atom is -0.462 e. The van der Waals surface area contributed by atoms with Crippen molar-refractivity contribution >= 4 is 11.7 Å². The first-order chi connectivity index (χ1) is 7.27. The van der Waals surface area contributed by atoms with E-state index < -0.39 is 0 Å². The Bertz CT molecular complexity index is 395. The highest BCUT2D eigenvalue weighted by atomic mass is 16.5. The highest BCUT2D eigenvalue weighted by Crippen LogP contribution is 2.19. The normalized spacial score (nSPS) is 18.6. The van der Waals surface area contributed by atoms with Crippen LogP contribution in [0.15, 0.2) is 41.6 Å². The molecule has 1 saturated heterocycles. The number of nitrogens with one attached hydrogen (secondary N) is 1. The lowest BCUT2D eigenvalue weighted by atomic mass is 10.2. The lowest BCUT2D eigenvalue weighted by Crippen LogP contribution is -2.04. The van der Waals surface area contributed by atoms with Gasteiger partial charge in [-0.15, -0.1) is 0 Å². The van der Waals surface area contributed by atoms with Crippen LogP contribution in [0.25, 0.3) is 0 Å². The fourth-order valence-electron chi connectivity index (χ4n) is 1.59. The van der Waals surface area contributed by atoms with E-state index in [1.54, 1.807) is 0 Å². The number of para-hydroxylation sites is 1. The molecule has 2 rings (SSSR count). The topological polar surface area (TPSA) is 38.3 Å². The third-order valence-corrected chi connectivity index (χ3v) is 2.39. The molecule has 1 aliphatic rings. The van der Waals surface area contributed by atoms with Crippen LogP contribution < -0.4 is 5.32 Å². The maximum atomic E-state index is 11.3. The van der Waals surface area contributed by atoms with Crippen molar-refractivity contribution in [1.29, 1.82) is 0 Å². The lowest BCUT2D eigenvalue weighted by molar-refractivity contribution is -0.135. The van der Waals surface area contributed by atoms with E-state index in [-0.39, 0.29) is 5.97 Å². The summed E-state index contributed by atoms with van der Waals surface area (Å²) in [4.78, 5) is 11.3. The van der Waals surface area contributed by atoms with Crippen molar-refractivity contribution in [2.75, 3.05) is 11.9 Å². The number of hydrogen-bond donors (Lipinski definition) is 1. The molecule has 0 radical (unpaired) electrons. The van der Waals surface area contributed by atoms with Gasteiger partial charge in [-0.05, 0) is 19.1 Å². The van der Waals surface area contributed by atoms with E-state index >= 15 is 0 Å². The molecule has 78 valence electrons. The van der Waals surface area contributed by atoms with Gasteiger partial charge in [0, 0.05) is 17.8 Å². The van der Waals surface area contributed by atoms with Crippen molar-refractivity contribution in [2.24, 2.45) is 0 Å². The lowest BCUT2D eigenvalue weighted by Gasteiger charge is -2.07. The number of rotatable bonds is 2. The molecule has 1 heterocycles. The molecule has 0 aromatic heterocycles. The molecule has 0 atom stereocenters. The van der Waals surface area contributed by atoms with Crippen molar-refractivity contribution in [3.63, 3.8) is 0 Å². The molecule has 15 heavy (non-hydrogen) atoms. The first kappa shape index (κ1) is 9.77. The average molecular weight is 203 g/mol. The number of carbonyl (C=O) groups excluding carboxylic acids is 1. The number of ether oxygens (including phenoxy) is 1. The highest BCUT2D eigenvalue weighted by molar-refractivity contribution is 5.91. The summed E-state index contributed by atoms with van der Waals surface area (Å²) in [5.74, 6) is -0.198. The largest absolute Gasteiger partial charge is 0.462 e. The monoisotopic (exact) mass is 203 g/mol. The zero-order valence-corrected chi connectivity index (χ0v) is 8.62. The van der Waals surface area contributed by atoms with Crippen LogP contribution in [0.1, 0.15) is 13.3 Å². The van der Waals surface area contributed by atoms with Crippen molar-refractivity contribution < 1.29 is 9.53 Å². The molecule has 1 aromatic carbocycles. The molecule has 1 aromatic rings. The summed E-state index contributed by atoms with van der Waals surface area (Å²) < 4.78 is 4.89. The van der Waals surface area contributed by atoms with Crippen LogP contribution >= 0.6 is 0 Å². The molecule has 1 aliphatic heterocycles. The van der Waals surface area contributed by atoms with E-state index in [9.17, 15) is 4.79 Å². The fraction of sp³-hybridized carbons (Fsp3) is 0.250. The second kappa shape index (κ2) is 4.17. The second-order valence-corrected chi connectivity index (χ2v) is 3.48. The Labute approximate surface area is 88.8 Å². The van der Waals surface area contributed by atoms with Crippen LogP contribution in [0.3, 0.4) is 0 Å². The zero-order chi connectivity index (χ0) is 10.7. The van der Waals surface area contributed by atoms with Gasteiger partial charge in [0.25, 0.3) is 0 Å². The first-order valence-electron chi connectivity index (χ1n) is 4.96. The fourth-order valence-corrected chi connectivity index (χ4v) is 1.59. The molecule has 0 aliphatic carbocycles. The van der Waals surface area contributed by atoms with Gasteiger partial charge in [-0.1, -0.05) is 18.2 Å². The minimum absolute atomic E-state index is 0.198. The van der Waals surface area contributed by atoms with Crippen LogP contribution in [0.4, 0.5) is 5.69 Å². The highest BCUT2D eigenvalue weighted by Gasteiger charge is 2.21. The van der Waals surface area contributed by atoms with Gasteiger partial charge in [-0.25, -0.2) is 4.79 Å². The number of carbonyl (C=O) groups is 1. The number of hydrogen-bond acceptors (Lipinski definition) is 3. The van der Waals surface area contributed by atoms with Gasteiger partial charge in [0.05, 0.1) is 12.2 Å². The molecule has 0 bridgehead atoms. The van der Waals surface area contributed by atoms with Crippen molar-refractivity contribution in [3.8, 4) is 0 Å². The Morgan fingerprint density at radius 1 is 1.33 bits per heavy atom. The van der Waals surface area contributed by atoms with Gasteiger partial charge in [-0.2, -0.15) is 0 Å². The summed E-state index contributed by atoms with van der Waals surface area (Å²) in [6.45, 7) is 2.40. The minimum atomic E-state index is -0.198. The van der Waals surface area contributed by atoms with Crippen LogP contribution in [-0.4, -0.2) is 12.6 Å². The standard InChI is InChI=1S/C12H13NO2/c1-9(11-7-8-15-12(11)14)13-10-5-3-2-4-6-10/h2-6,13H,7-8H2,1H3/b11-9+. The Kier molecular flexibility index (Phi) is 2.72. The summed E-state index contributed by atoms with van der Waals surface area (Å²) in [6.07, 6.45) is 0.699. The molecule has 0 spiro atoms. The van der Waals surface area contributed by atoms with E-state index in [1.807, 2.05) is 37.3 Å². The summed E-state index contributed by atoms with van der Waals surface area (Å²) in [7, 11) is 0. The molecule has 1 fully saturated rings. The summed E-state index contributed by atoms with van der Waals surface area (Å²) in [6, 6.07) is 9.78. The Morgan fingerprint density at radius 2 is 2.07 bits per heavy atom. The number of esters is 1. The molecule has 0 amide bonds. The zero-order valence-electron chi connectivity index (χ0n) is 8.62. The molecule has 1 N–H and O–H groups in total. The molecule has 3 nitrogen and oxygen atoms in total. The number of benzene rings is 1. The van der Waals surface area contributed by atoms with E-state index in [2.05, 4.69) is 5.32 Å². The summed E-state index contributed by atoms with van der Waals surface area (Å²) >= 11 is 0. The Hall–Kier alpha value is -1.77. The van der Waals surface area contributed by atoms with Gasteiger partial charge < -0.3 is 10.1 Å². The molecule has 0 unspecified atom stereocenters. The van der Waals surface area contributed by atoms with Crippen molar-refractivity contribution in [1.82, 2.24) is 0 Å². The smallest absolute Gasteiger partial charge is 0.335 e. The van der Waals surface area contributed by atoms with Gasteiger partial charge in [0.1, 0.15) is 0 Å². The summed E-state index contributed by atoms with van der Waals surface area (Å²) in [5.41, 5.74) is 2.62. The van der Waals surface area contributed by atoms with Crippen LogP contribution in [0, 0.1) is 0 Å². The van der Waals surface area contributed by atoms with E-state index in [0.717, 1.165) is 17.0 Å². The second-order valence-electron chi connectivity index (χ2n) is 3.48. The molecular weight excluding hydrogens is 190 g/mol. The van der Waals surface area contributed by atoms with Crippen LogP contribution in [0.2, 0.25) is 0 Å². The molecular formula is C12H13NO2. The SMILES string of the molecule is C/C(Nc1ccccc1)=C1/CCOC1=O. The van der Waals surface area contributed by atoms with Crippen LogP contribution in [0.5, 0.6) is 0 Å². The predicted molar refractivity (Wildman–Crippen MR) is 58.3 cm³/mol. The average Bonchev–Trinajstić information content (AvgIpc) is 2.66. The third kappa shape index (κ3) is 2.18. The Morgan fingerprint density at radius 3 is 2.67 bits per heavy atom. The summed E-state index contributed by atoms with van der Waals surface area (Å²) in [5, 5.41) is 3.19.